The second-order valence-electron chi connectivity index (χ2n) is 7.79. The standard InChI is InChI=1S/C24H26N4O7/c1-3-33-13-11-28-15-16-14-19(8-9-20(16)27-28)34-17-4-6-18(7-5-17)35-24(10-12-32-2)21(29)25-23(31)26-22(24)30/h4-9,14-15H,3,10-13H2,1-2H3,(H2,25,26,29,30,31). The topological polar surface area (TPSA) is 130 Å². The first-order valence-electron chi connectivity index (χ1n) is 11.1. The van der Waals surface area contributed by atoms with Crippen molar-refractivity contribution in [2.75, 3.05) is 26.9 Å². The molecule has 1 aromatic heterocycles. The molecule has 2 heterocycles. The van der Waals surface area contributed by atoms with Gasteiger partial charge in [0, 0.05) is 31.7 Å². The number of nitrogens with one attached hydrogen (secondary N) is 2. The van der Waals surface area contributed by atoms with Gasteiger partial charge in [0.15, 0.2) is 0 Å². The number of rotatable bonds is 11. The molecule has 35 heavy (non-hydrogen) atoms. The summed E-state index contributed by atoms with van der Waals surface area (Å²) in [5.41, 5.74) is -1.08. The second-order valence-corrected chi connectivity index (χ2v) is 7.79. The van der Waals surface area contributed by atoms with Crippen molar-refractivity contribution in [1.82, 2.24) is 20.4 Å². The average molecular weight is 482 g/mol. The van der Waals surface area contributed by atoms with E-state index in [-0.39, 0.29) is 18.8 Å². The van der Waals surface area contributed by atoms with E-state index in [2.05, 4.69) is 15.7 Å². The Morgan fingerprint density at radius 2 is 1.63 bits per heavy atom. The number of barbiturate groups is 1. The monoisotopic (exact) mass is 482 g/mol. The Balaban J connectivity index is 1.46. The Hall–Kier alpha value is -3.96. The molecule has 2 aromatic carbocycles. The molecule has 11 heteroatoms. The molecule has 1 saturated heterocycles. The van der Waals surface area contributed by atoms with Gasteiger partial charge in [0.25, 0.3) is 17.4 Å². The molecule has 0 atom stereocenters. The fourth-order valence-corrected chi connectivity index (χ4v) is 3.61. The van der Waals surface area contributed by atoms with Crippen LogP contribution in [0.5, 0.6) is 17.2 Å². The van der Waals surface area contributed by atoms with E-state index in [1.165, 1.54) is 7.11 Å². The Labute approximate surface area is 201 Å². The third kappa shape index (κ3) is 5.42. The highest BCUT2D eigenvalue weighted by Gasteiger charge is 2.52. The summed E-state index contributed by atoms with van der Waals surface area (Å²) < 4.78 is 24.0. The van der Waals surface area contributed by atoms with Crippen LogP contribution in [-0.4, -0.2) is 60.2 Å². The molecule has 0 aliphatic carbocycles. The van der Waals surface area contributed by atoms with Gasteiger partial charge in [0.1, 0.15) is 17.2 Å². The summed E-state index contributed by atoms with van der Waals surface area (Å²) in [5.74, 6) is -0.299. The van der Waals surface area contributed by atoms with Gasteiger partial charge >= 0.3 is 6.03 Å². The van der Waals surface area contributed by atoms with Crippen molar-refractivity contribution in [3.63, 3.8) is 0 Å². The smallest absolute Gasteiger partial charge is 0.328 e. The summed E-state index contributed by atoms with van der Waals surface area (Å²) in [5, 5.41) is 9.60. The quantitative estimate of drug-likeness (QED) is 0.315. The summed E-state index contributed by atoms with van der Waals surface area (Å²) in [4.78, 5) is 36.5. The molecule has 4 rings (SSSR count). The maximum absolute atomic E-state index is 12.5. The summed E-state index contributed by atoms with van der Waals surface area (Å²) in [6.45, 7) is 3.94. The summed E-state index contributed by atoms with van der Waals surface area (Å²) in [6.07, 6.45) is 1.85. The van der Waals surface area contributed by atoms with Crippen LogP contribution < -0.4 is 20.1 Å². The molecule has 1 aliphatic rings. The van der Waals surface area contributed by atoms with Crippen molar-refractivity contribution < 1.29 is 33.3 Å². The van der Waals surface area contributed by atoms with Crippen LogP contribution in [0.1, 0.15) is 13.3 Å². The highest BCUT2D eigenvalue weighted by atomic mass is 16.5. The van der Waals surface area contributed by atoms with Gasteiger partial charge in [-0.2, -0.15) is 5.10 Å². The van der Waals surface area contributed by atoms with Crippen LogP contribution in [0.25, 0.3) is 10.9 Å². The van der Waals surface area contributed by atoms with E-state index in [4.69, 9.17) is 18.9 Å². The van der Waals surface area contributed by atoms with E-state index >= 15 is 0 Å². The third-order valence-corrected chi connectivity index (χ3v) is 5.39. The minimum Gasteiger partial charge on any atom is -0.467 e. The molecule has 0 saturated carbocycles. The number of imide groups is 2. The van der Waals surface area contributed by atoms with Crippen molar-refractivity contribution in [2.45, 2.75) is 25.5 Å². The summed E-state index contributed by atoms with van der Waals surface area (Å²) in [7, 11) is 1.44. The highest BCUT2D eigenvalue weighted by molar-refractivity contribution is 6.21. The van der Waals surface area contributed by atoms with Crippen molar-refractivity contribution in [3.8, 4) is 17.2 Å². The number of hydrogen-bond acceptors (Lipinski definition) is 8. The van der Waals surface area contributed by atoms with Gasteiger partial charge < -0.3 is 18.9 Å². The molecule has 0 spiro atoms. The fourth-order valence-electron chi connectivity index (χ4n) is 3.61. The normalized spacial score (nSPS) is 15.1. The number of ether oxygens (including phenoxy) is 4. The lowest BCUT2D eigenvalue weighted by Gasteiger charge is -2.34. The first-order chi connectivity index (χ1) is 16.9. The highest BCUT2D eigenvalue weighted by Crippen LogP contribution is 2.29. The van der Waals surface area contributed by atoms with Crippen molar-refractivity contribution in [3.05, 3.63) is 48.7 Å². The lowest BCUT2D eigenvalue weighted by Crippen LogP contribution is -2.69. The first-order valence-corrected chi connectivity index (χ1v) is 11.1. The van der Waals surface area contributed by atoms with Crippen molar-refractivity contribution >= 4 is 28.7 Å². The maximum Gasteiger partial charge on any atom is 0.328 e. The average Bonchev–Trinajstić information content (AvgIpc) is 3.24. The van der Waals surface area contributed by atoms with E-state index in [0.717, 1.165) is 10.9 Å². The molecule has 0 bridgehead atoms. The van der Waals surface area contributed by atoms with E-state index in [9.17, 15) is 14.4 Å². The van der Waals surface area contributed by atoms with Crippen molar-refractivity contribution in [2.24, 2.45) is 0 Å². The largest absolute Gasteiger partial charge is 0.467 e. The number of fused-ring (bicyclic) bond motifs is 1. The van der Waals surface area contributed by atoms with E-state index in [1.807, 2.05) is 36.0 Å². The molecule has 2 N–H and O–H groups in total. The molecule has 3 aromatic rings. The molecule has 4 amide bonds. The molecule has 1 aliphatic heterocycles. The maximum atomic E-state index is 12.5. The number of amides is 4. The Bertz CT molecular complexity index is 1200. The molecule has 11 nitrogen and oxygen atoms in total. The zero-order valence-electron chi connectivity index (χ0n) is 19.4. The molecule has 0 unspecified atom stereocenters. The van der Waals surface area contributed by atoms with Crippen LogP contribution >= 0.6 is 0 Å². The van der Waals surface area contributed by atoms with Crippen LogP contribution in [0.2, 0.25) is 0 Å². The van der Waals surface area contributed by atoms with E-state index in [1.54, 1.807) is 24.3 Å². The molecule has 184 valence electrons. The minimum absolute atomic E-state index is 0.0704. The minimum atomic E-state index is -1.93. The predicted molar refractivity (Wildman–Crippen MR) is 124 cm³/mol. The Kier molecular flexibility index (Phi) is 7.28. The molecular weight excluding hydrogens is 456 g/mol. The van der Waals surface area contributed by atoms with Crippen LogP contribution in [0, 0.1) is 0 Å². The molecule has 1 fully saturated rings. The lowest BCUT2D eigenvalue weighted by molar-refractivity contribution is -0.153. The second kappa shape index (κ2) is 10.5. The number of urea groups is 1. The van der Waals surface area contributed by atoms with Gasteiger partial charge in [-0.1, -0.05) is 0 Å². The van der Waals surface area contributed by atoms with Gasteiger partial charge in [-0.3, -0.25) is 24.9 Å². The number of carbonyl (C=O) groups is 3. The Morgan fingerprint density at radius 3 is 2.31 bits per heavy atom. The van der Waals surface area contributed by atoms with Gasteiger partial charge in [0.2, 0.25) is 0 Å². The number of nitrogens with zero attached hydrogens (tertiary/aromatic N) is 2. The van der Waals surface area contributed by atoms with Crippen LogP contribution in [0.3, 0.4) is 0 Å². The summed E-state index contributed by atoms with van der Waals surface area (Å²) in [6, 6.07) is 11.1. The van der Waals surface area contributed by atoms with Crippen LogP contribution in [0.4, 0.5) is 4.79 Å². The predicted octanol–water partition coefficient (Wildman–Crippen LogP) is 2.39. The SMILES string of the molecule is CCOCCn1cc2cc(Oc3ccc(OC4(CCOC)C(=O)NC(=O)NC4=O)cc3)ccc2n1. The van der Waals surface area contributed by atoms with Gasteiger partial charge in [-0.25, -0.2) is 4.79 Å². The van der Waals surface area contributed by atoms with Crippen LogP contribution in [0.15, 0.2) is 48.7 Å². The zero-order valence-corrected chi connectivity index (χ0v) is 19.4. The number of benzene rings is 2. The summed E-state index contributed by atoms with van der Waals surface area (Å²) >= 11 is 0. The number of carbonyl (C=O) groups excluding carboxylic acids is 3. The first kappa shape index (κ1) is 24.2. The number of hydrogen-bond donors (Lipinski definition) is 2. The number of aromatic nitrogens is 2. The van der Waals surface area contributed by atoms with Crippen molar-refractivity contribution in [1.29, 1.82) is 0 Å². The van der Waals surface area contributed by atoms with Gasteiger partial charge in [0.05, 0.1) is 25.3 Å². The fraction of sp³-hybridized carbons (Fsp3) is 0.333. The zero-order chi connectivity index (χ0) is 24.8. The van der Waals surface area contributed by atoms with Crippen LogP contribution in [-0.2, 0) is 25.6 Å². The van der Waals surface area contributed by atoms with E-state index in [0.29, 0.717) is 31.3 Å². The molecule has 0 radical (unpaired) electrons. The molecular formula is C24H26N4O7. The van der Waals surface area contributed by atoms with Gasteiger partial charge in [-0.15, -0.1) is 0 Å². The third-order valence-electron chi connectivity index (χ3n) is 5.39. The van der Waals surface area contributed by atoms with Gasteiger partial charge in [-0.05, 0) is 49.4 Å². The van der Waals surface area contributed by atoms with E-state index < -0.39 is 23.4 Å². The lowest BCUT2D eigenvalue weighted by atomic mass is 9.95. The Morgan fingerprint density at radius 1 is 0.943 bits per heavy atom. The number of methoxy groups -OCH3 is 1.